The fourth-order valence-corrected chi connectivity index (χ4v) is 2.26. The molecule has 1 aliphatic carbocycles. The Hall–Kier alpha value is -0.540. The van der Waals surface area contributed by atoms with Gasteiger partial charge in [-0.25, -0.2) is 0 Å². The third kappa shape index (κ3) is 2.58. The van der Waals surface area contributed by atoms with E-state index in [0.29, 0.717) is 16.5 Å². The second kappa shape index (κ2) is 4.76. The minimum Gasteiger partial charge on any atom is -0.352 e. The maximum Gasteiger partial charge on any atom is 0.252 e. The first-order valence-corrected chi connectivity index (χ1v) is 6.49. The molecular formula is C12H13BrClNO. The van der Waals surface area contributed by atoms with Crippen molar-refractivity contribution in [2.75, 3.05) is 6.54 Å². The van der Waals surface area contributed by atoms with E-state index in [1.165, 1.54) is 6.42 Å². The van der Waals surface area contributed by atoms with Crippen molar-refractivity contribution >= 4 is 33.4 Å². The molecule has 2 unspecified atom stereocenters. The molecule has 1 fully saturated rings. The van der Waals surface area contributed by atoms with Gasteiger partial charge in [0.15, 0.2) is 0 Å². The van der Waals surface area contributed by atoms with Crippen LogP contribution in [0.25, 0.3) is 0 Å². The first kappa shape index (κ1) is 11.9. The average Bonchev–Trinajstić information content (AvgIpc) is 2.95. The van der Waals surface area contributed by atoms with Crippen LogP contribution in [-0.4, -0.2) is 12.5 Å². The molecule has 0 aliphatic heterocycles. The highest BCUT2D eigenvalue weighted by Gasteiger charge is 2.32. The van der Waals surface area contributed by atoms with Gasteiger partial charge in [0.25, 0.3) is 5.91 Å². The van der Waals surface area contributed by atoms with Gasteiger partial charge in [-0.3, -0.25) is 4.79 Å². The second-order valence-corrected chi connectivity index (χ2v) is 5.52. The van der Waals surface area contributed by atoms with E-state index in [-0.39, 0.29) is 5.91 Å². The number of carbonyl (C=O) groups is 1. The summed E-state index contributed by atoms with van der Waals surface area (Å²) >= 11 is 9.34. The summed E-state index contributed by atoms with van der Waals surface area (Å²) in [6.07, 6.45) is 1.21. The van der Waals surface area contributed by atoms with Gasteiger partial charge < -0.3 is 5.32 Å². The molecule has 1 saturated carbocycles. The summed E-state index contributed by atoms with van der Waals surface area (Å²) in [4.78, 5) is 11.8. The molecule has 0 radical (unpaired) electrons. The second-order valence-electron chi connectivity index (χ2n) is 4.28. The lowest BCUT2D eigenvalue weighted by atomic mass is 10.2. The molecule has 0 heterocycles. The lowest BCUT2D eigenvalue weighted by Gasteiger charge is -2.07. The quantitative estimate of drug-likeness (QED) is 0.910. The maximum absolute atomic E-state index is 11.8. The Morgan fingerprint density at radius 3 is 2.94 bits per heavy atom. The Morgan fingerprint density at radius 2 is 2.31 bits per heavy atom. The first-order valence-electron chi connectivity index (χ1n) is 5.32. The maximum atomic E-state index is 11.8. The zero-order chi connectivity index (χ0) is 11.7. The molecule has 0 bridgehead atoms. The number of halogens is 2. The minimum absolute atomic E-state index is 0.0922. The normalized spacial score (nSPS) is 22.9. The van der Waals surface area contributed by atoms with E-state index in [2.05, 4.69) is 28.2 Å². The van der Waals surface area contributed by atoms with E-state index in [9.17, 15) is 4.79 Å². The van der Waals surface area contributed by atoms with E-state index in [1.54, 1.807) is 6.07 Å². The van der Waals surface area contributed by atoms with Gasteiger partial charge in [-0.05, 0) is 46.3 Å². The molecule has 0 aromatic heterocycles. The van der Waals surface area contributed by atoms with Crippen molar-refractivity contribution in [1.29, 1.82) is 0 Å². The van der Waals surface area contributed by atoms with Crippen LogP contribution in [0.4, 0.5) is 0 Å². The predicted molar refractivity (Wildman–Crippen MR) is 68.8 cm³/mol. The molecule has 1 aromatic carbocycles. The Balaban J connectivity index is 2.00. The van der Waals surface area contributed by atoms with Gasteiger partial charge in [-0.15, -0.1) is 0 Å². The van der Waals surface area contributed by atoms with Crippen molar-refractivity contribution in [1.82, 2.24) is 5.32 Å². The van der Waals surface area contributed by atoms with Gasteiger partial charge in [0.2, 0.25) is 0 Å². The lowest BCUT2D eigenvalue weighted by Crippen LogP contribution is -2.26. The van der Waals surface area contributed by atoms with Crippen LogP contribution in [0.5, 0.6) is 0 Å². The van der Waals surface area contributed by atoms with Gasteiger partial charge in [0.05, 0.1) is 10.6 Å². The van der Waals surface area contributed by atoms with Crippen molar-refractivity contribution in [3.8, 4) is 0 Å². The summed E-state index contributed by atoms with van der Waals surface area (Å²) in [5, 5.41) is 3.39. The van der Waals surface area contributed by atoms with Gasteiger partial charge in [0, 0.05) is 11.0 Å². The van der Waals surface area contributed by atoms with E-state index < -0.39 is 0 Å². The number of rotatable bonds is 3. The average molecular weight is 303 g/mol. The number of hydrogen-bond acceptors (Lipinski definition) is 1. The number of nitrogens with one attached hydrogen (secondary N) is 1. The molecule has 16 heavy (non-hydrogen) atoms. The molecule has 2 atom stereocenters. The van der Waals surface area contributed by atoms with Crippen LogP contribution in [0.2, 0.25) is 5.02 Å². The van der Waals surface area contributed by atoms with Crippen LogP contribution >= 0.6 is 27.5 Å². The summed E-state index contributed by atoms with van der Waals surface area (Å²) in [5.74, 6) is 1.30. The topological polar surface area (TPSA) is 29.1 Å². The Labute approximate surface area is 108 Å². The van der Waals surface area contributed by atoms with Gasteiger partial charge in [0.1, 0.15) is 0 Å². The number of hydrogen-bond donors (Lipinski definition) is 1. The molecule has 1 aromatic rings. The molecule has 0 saturated heterocycles. The lowest BCUT2D eigenvalue weighted by molar-refractivity contribution is 0.0951. The van der Waals surface area contributed by atoms with E-state index in [0.717, 1.165) is 16.9 Å². The van der Waals surface area contributed by atoms with E-state index >= 15 is 0 Å². The SMILES string of the molecule is CC1CC1CNC(=O)c1cccc(Br)c1Cl. The van der Waals surface area contributed by atoms with Crippen molar-refractivity contribution in [3.05, 3.63) is 33.3 Å². The number of amides is 1. The van der Waals surface area contributed by atoms with Gasteiger partial charge in [-0.2, -0.15) is 0 Å². The van der Waals surface area contributed by atoms with Crippen molar-refractivity contribution in [3.63, 3.8) is 0 Å². The van der Waals surface area contributed by atoms with Crippen LogP contribution in [0, 0.1) is 11.8 Å². The highest BCUT2D eigenvalue weighted by Crippen LogP contribution is 2.36. The zero-order valence-corrected chi connectivity index (χ0v) is 11.3. The van der Waals surface area contributed by atoms with Crippen molar-refractivity contribution < 1.29 is 4.79 Å². The molecule has 2 rings (SSSR count). The smallest absolute Gasteiger partial charge is 0.252 e. The fraction of sp³-hybridized carbons (Fsp3) is 0.417. The Bertz CT molecular complexity index is 421. The summed E-state index contributed by atoms with van der Waals surface area (Å²) < 4.78 is 0.751. The van der Waals surface area contributed by atoms with Crippen LogP contribution in [0.15, 0.2) is 22.7 Å². The van der Waals surface area contributed by atoms with Gasteiger partial charge >= 0.3 is 0 Å². The van der Waals surface area contributed by atoms with Crippen molar-refractivity contribution in [2.45, 2.75) is 13.3 Å². The summed E-state index contributed by atoms with van der Waals surface area (Å²) in [6, 6.07) is 5.37. The third-order valence-corrected chi connectivity index (χ3v) is 4.29. The zero-order valence-electron chi connectivity index (χ0n) is 8.97. The number of carbonyl (C=O) groups excluding carboxylic acids is 1. The molecule has 4 heteroatoms. The van der Waals surface area contributed by atoms with Crippen LogP contribution in [-0.2, 0) is 0 Å². The largest absolute Gasteiger partial charge is 0.352 e. The summed E-state index contributed by atoms with van der Waals surface area (Å²) in [6.45, 7) is 2.95. The van der Waals surface area contributed by atoms with Crippen LogP contribution in [0.1, 0.15) is 23.7 Å². The molecule has 1 amide bonds. The molecular weight excluding hydrogens is 289 g/mol. The Morgan fingerprint density at radius 1 is 1.62 bits per heavy atom. The highest BCUT2D eigenvalue weighted by molar-refractivity contribution is 9.10. The first-order chi connectivity index (χ1) is 7.59. The van der Waals surface area contributed by atoms with Crippen LogP contribution in [0.3, 0.4) is 0 Å². The fourth-order valence-electron chi connectivity index (χ4n) is 1.68. The molecule has 1 N–H and O–H groups in total. The van der Waals surface area contributed by atoms with Gasteiger partial charge in [-0.1, -0.05) is 24.6 Å². The third-order valence-electron chi connectivity index (χ3n) is 3.00. The summed E-state index contributed by atoms with van der Waals surface area (Å²) in [5.41, 5.74) is 0.532. The predicted octanol–water partition coefficient (Wildman–Crippen LogP) is 3.49. The molecule has 2 nitrogen and oxygen atoms in total. The monoisotopic (exact) mass is 301 g/mol. The Kier molecular flexibility index (Phi) is 3.55. The van der Waals surface area contributed by atoms with E-state index in [1.807, 2.05) is 12.1 Å². The standard InChI is InChI=1S/C12H13BrClNO/c1-7-5-8(7)6-15-12(16)9-3-2-4-10(13)11(9)14/h2-4,7-8H,5-6H2,1H3,(H,15,16). The molecule has 1 aliphatic rings. The molecule has 0 spiro atoms. The van der Waals surface area contributed by atoms with Crippen molar-refractivity contribution in [2.24, 2.45) is 11.8 Å². The highest BCUT2D eigenvalue weighted by atomic mass is 79.9. The minimum atomic E-state index is -0.0922. The summed E-state index contributed by atoms with van der Waals surface area (Å²) in [7, 11) is 0. The number of benzene rings is 1. The van der Waals surface area contributed by atoms with E-state index in [4.69, 9.17) is 11.6 Å². The molecule has 86 valence electrons. The van der Waals surface area contributed by atoms with Crippen LogP contribution < -0.4 is 5.32 Å².